The van der Waals surface area contributed by atoms with Crippen molar-refractivity contribution in [1.29, 1.82) is 0 Å². The molecule has 0 aliphatic carbocycles. The molecule has 0 unspecified atom stereocenters. The second kappa shape index (κ2) is 6.89. The molecule has 0 aromatic heterocycles. The lowest BCUT2D eigenvalue weighted by Gasteiger charge is -2.08. The van der Waals surface area contributed by atoms with Crippen molar-refractivity contribution in [2.24, 2.45) is 5.73 Å². The van der Waals surface area contributed by atoms with Gasteiger partial charge in [-0.2, -0.15) is 0 Å². The highest BCUT2D eigenvalue weighted by molar-refractivity contribution is 6.33. The van der Waals surface area contributed by atoms with E-state index < -0.39 is 11.7 Å². The SMILES string of the molecule is NCC#Cc1ccc(F)cc1C(=O)Nc1ccccc1Cl. The molecule has 5 heteroatoms. The molecule has 0 atom stereocenters. The van der Waals surface area contributed by atoms with Crippen LogP contribution in [0.3, 0.4) is 0 Å². The van der Waals surface area contributed by atoms with Crippen LogP contribution < -0.4 is 11.1 Å². The van der Waals surface area contributed by atoms with Crippen LogP contribution in [0.15, 0.2) is 42.5 Å². The first-order valence-electron chi connectivity index (χ1n) is 6.16. The minimum absolute atomic E-state index is 0.135. The molecule has 21 heavy (non-hydrogen) atoms. The number of anilines is 1. The Hall–Kier alpha value is -2.35. The van der Waals surface area contributed by atoms with Gasteiger partial charge in [0.05, 0.1) is 22.8 Å². The molecule has 2 aromatic rings. The molecule has 1 amide bonds. The number of rotatable bonds is 2. The van der Waals surface area contributed by atoms with Gasteiger partial charge in [-0.1, -0.05) is 35.6 Å². The molecule has 0 bridgehead atoms. The molecular formula is C16H12ClFN2O. The fraction of sp³-hybridized carbons (Fsp3) is 0.0625. The third kappa shape index (κ3) is 3.82. The first kappa shape index (κ1) is 15.0. The molecule has 0 aliphatic rings. The monoisotopic (exact) mass is 302 g/mol. The number of benzene rings is 2. The molecule has 106 valence electrons. The lowest BCUT2D eigenvalue weighted by Crippen LogP contribution is -2.14. The van der Waals surface area contributed by atoms with E-state index >= 15 is 0 Å². The van der Waals surface area contributed by atoms with Crippen LogP contribution in [0.1, 0.15) is 15.9 Å². The van der Waals surface area contributed by atoms with Gasteiger partial charge in [-0.25, -0.2) is 4.39 Å². The van der Waals surface area contributed by atoms with Crippen molar-refractivity contribution < 1.29 is 9.18 Å². The summed E-state index contributed by atoms with van der Waals surface area (Å²) in [4.78, 5) is 12.3. The van der Waals surface area contributed by atoms with Crippen LogP contribution in [0.25, 0.3) is 0 Å². The van der Waals surface area contributed by atoms with Crippen LogP contribution in [0.2, 0.25) is 5.02 Å². The van der Waals surface area contributed by atoms with E-state index in [0.717, 1.165) is 6.07 Å². The minimum Gasteiger partial charge on any atom is -0.321 e. The summed E-state index contributed by atoms with van der Waals surface area (Å²) in [5, 5.41) is 3.03. The van der Waals surface area contributed by atoms with Crippen LogP contribution in [0, 0.1) is 17.7 Å². The minimum atomic E-state index is -0.516. The molecule has 2 rings (SSSR count). The van der Waals surface area contributed by atoms with Crippen molar-refractivity contribution >= 4 is 23.2 Å². The van der Waals surface area contributed by atoms with Crippen molar-refractivity contribution in [3.63, 3.8) is 0 Å². The lowest BCUT2D eigenvalue weighted by atomic mass is 10.1. The van der Waals surface area contributed by atoms with E-state index in [2.05, 4.69) is 17.2 Å². The molecule has 2 aromatic carbocycles. The zero-order chi connectivity index (χ0) is 15.2. The van der Waals surface area contributed by atoms with Crippen molar-refractivity contribution in [1.82, 2.24) is 0 Å². The van der Waals surface area contributed by atoms with E-state index in [9.17, 15) is 9.18 Å². The highest BCUT2D eigenvalue weighted by Crippen LogP contribution is 2.22. The van der Waals surface area contributed by atoms with Crippen LogP contribution >= 0.6 is 11.6 Å². The zero-order valence-electron chi connectivity index (χ0n) is 11.0. The van der Waals surface area contributed by atoms with Gasteiger partial charge in [0.1, 0.15) is 5.82 Å². The first-order chi connectivity index (χ1) is 10.1. The molecule has 0 saturated heterocycles. The highest BCUT2D eigenvalue weighted by atomic mass is 35.5. The second-order valence-electron chi connectivity index (χ2n) is 4.13. The lowest BCUT2D eigenvalue weighted by molar-refractivity contribution is 0.102. The summed E-state index contributed by atoms with van der Waals surface area (Å²) in [6.07, 6.45) is 0. The van der Waals surface area contributed by atoms with Crippen molar-refractivity contribution in [2.45, 2.75) is 0 Å². The Labute approximate surface area is 126 Å². The summed E-state index contributed by atoms with van der Waals surface area (Å²) in [6, 6.07) is 10.6. The Morgan fingerprint density at radius 1 is 1.29 bits per heavy atom. The number of hydrogen-bond donors (Lipinski definition) is 2. The third-order valence-corrected chi connectivity index (χ3v) is 3.00. The van der Waals surface area contributed by atoms with E-state index in [1.165, 1.54) is 12.1 Å². The van der Waals surface area contributed by atoms with Gasteiger partial charge in [0.25, 0.3) is 5.91 Å². The van der Waals surface area contributed by atoms with Gasteiger partial charge >= 0.3 is 0 Å². The molecule has 0 aliphatic heterocycles. The van der Waals surface area contributed by atoms with Gasteiger partial charge in [0, 0.05) is 5.56 Å². The second-order valence-corrected chi connectivity index (χ2v) is 4.54. The number of nitrogens with one attached hydrogen (secondary N) is 1. The van der Waals surface area contributed by atoms with Crippen LogP contribution in [-0.2, 0) is 0 Å². The number of nitrogens with two attached hydrogens (primary N) is 1. The Kier molecular flexibility index (Phi) is 4.94. The maximum Gasteiger partial charge on any atom is 0.257 e. The van der Waals surface area contributed by atoms with Gasteiger partial charge in [-0.3, -0.25) is 4.79 Å². The molecule has 0 spiro atoms. The number of carbonyl (C=O) groups is 1. The van der Waals surface area contributed by atoms with E-state index in [4.69, 9.17) is 17.3 Å². The number of carbonyl (C=O) groups excluding carboxylic acids is 1. The summed E-state index contributed by atoms with van der Waals surface area (Å²) < 4.78 is 13.4. The summed E-state index contributed by atoms with van der Waals surface area (Å²) in [7, 11) is 0. The fourth-order valence-electron chi connectivity index (χ4n) is 1.71. The largest absolute Gasteiger partial charge is 0.321 e. The van der Waals surface area contributed by atoms with Crippen molar-refractivity contribution in [3.8, 4) is 11.8 Å². The van der Waals surface area contributed by atoms with Crippen LogP contribution in [0.5, 0.6) is 0 Å². The third-order valence-electron chi connectivity index (χ3n) is 2.67. The molecule has 0 fully saturated rings. The fourth-order valence-corrected chi connectivity index (χ4v) is 1.89. The maximum atomic E-state index is 13.4. The number of para-hydroxylation sites is 1. The molecule has 0 saturated carbocycles. The van der Waals surface area contributed by atoms with Crippen molar-refractivity contribution in [2.75, 3.05) is 11.9 Å². The van der Waals surface area contributed by atoms with E-state index in [1.54, 1.807) is 24.3 Å². The van der Waals surface area contributed by atoms with E-state index in [1.807, 2.05) is 0 Å². The maximum absolute atomic E-state index is 13.4. The predicted molar refractivity (Wildman–Crippen MR) is 81.7 cm³/mol. The summed E-state index contributed by atoms with van der Waals surface area (Å²) in [6.45, 7) is 0.156. The zero-order valence-corrected chi connectivity index (χ0v) is 11.7. The Bertz CT molecular complexity index is 735. The summed E-state index contributed by atoms with van der Waals surface area (Å²) in [5.41, 5.74) is 6.30. The topological polar surface area (TPSA) is 55.1 Å². The standard InChI is InChI=1S/C16H12ClFN2O/c17-14-5-1-2-6-15(14)20-16(21)13-10-12(18)8-7-11(13)4-3-9-19/h1-2,5-8,10H,9,19H2,(H,20,21). The van der Waals surface area contributed by atoms with E-state index in [0.29, 0.717) is 16.3 Å². The van der Waals surface area contributed by atoms with Gasteiger partial charge in [0.2, 0.25) is 0 Å². The number of hydrogen-bond acceptors (Lipinski definition) is 2. The first-order valence-corrected chi connectivity index (χ1v) is 6.54. The summed E-state index contributed by atoms with van der Waals surface area (Å²) in [5.74, 6) is 4.39. The van der Waals surface area contributed by atoms with Gasteiger partial charge < -0.3 is 11.1 Å². The van der Waals surface area contributed by atoms with Crippen LogP contribution in [-0.4, -0.2) is 12.5 Å². The molecule has 3 N–H and O–H groups in total. The Morgan fingerprint density at radius 3 is 2.76 bits per heavy atom. The Balaban J connectivity index is 2.34. The van der Waals surface area contributed by atoms with Gasteiger partial charge in [-0.05, 0) is 30.3 Å². The average Bonchev–Trinajstić information content (AvgIpc) is 2.48. The molecular weight excluding hydrogens is 291 g/mol. The Morgan fingerprint density at radius 2 is 2.05 bits per heavy atom. The summed E-state index contributed by atoms with van der Waals surface area (Å²) >= 11 is 5.98. The smallest absolute Gasteiger partial charge is 0.257 e. The molecule has 0 heterocycles. The molecule has 3 nitrogen and oxygen atoms in total. The number of halogens is 2. The number of amides is 1. The highest BCUT2D eigenvalue weighted by Gasteiger charge is 2.13. The quantitative estimate of drug-likeness (QED) is 0.838. The van der Waals surface area contributed by atoms with Gasteiger partial charge in [-0.15, -0.1) is 0 Å². The average molecular weight is 303 g/mol. The normalized spacial score (nSPS) is 9.67. The van der Waals surface area contributed by atoms with Crippen LogP contribution in [0.4, 0.5) is 10.1 Å². The molecule has 0 radical (unpaired) electrons. The van der Waals surface area contributed by atoms with Crippen molar-refractivity contribution in [3.05, 3.63) is 64.4 Å². The predicted octanol–water partition coefficient (Wildman–Crippen LogP) is 3.04. The van der Waals surface area contributed by atoms with E-state index in [-0.39, 0.29) is 12.1 Å². The van der Waals surface area contributed by atoms with Gasteiger partial charge in [0.15, 0.2) is 0 Å².